The summed E-state index contributed by atoms with van der Waals surface area (Å²) < 4.78 is 0. The number of rotatable bonds is 8. The van der Waals surface area contributed by atoms with Gasteiger partial charge in [-0.25, -0.2) is 0 Å². The summed E-state index contributed by atoms with van der Waals surface area (Å²) in [5, 5.41) is 3.69. The fraction of sp³-hybridized carbons (Fsp3) is 0.647. The molecule has 0 saturated carbocycles. The van der Waals surface area contributed by atoms with E-state index in [0.29, 0.717) is 12.1 Å². The number of nitrogens with one attached hydrogen (secondary N) is 1. The normalized spacial score (nSPS) is 14.9. The molecule has 0 amide bonds. The van der Waals surface area contributed by atoms with Crippen molar-refractivity contribution in [2.24, 2.45) is 5.92 Å². The molecule has 2 nitrogen and oxygen atoms in total. The molecule has 0 aromatic heterocycles. The number of hydrogen-bond donors (Lipinski definition) is 1. The van der Waals surface area contributed by atoms with Crippen molar-refractivity contribution >= 4 is 0 Å². The summed E-state index contributed by atoms with van der Waals surface area (Å²) in [7, 11) is 4.38. The van der Waals surface area contributed by atoms with Crippen LogP contribution in [-0.4, -0.2) is 31.6 Å². The predicted octanol–water partition coefficient (Wildman–Crippen LogP) is 3.70. The molecule has 0 heterocycles. The first-order valence-electron chi connectivity index (χ1n) is 7.54. The van der Waals surface area contributed by atoms with Gasteiger partial charge in [0.15, 0.2) is 0 Å². The van der Waals surface area contributed by atoms with Crippen molar-refractivity contribution < 1.29 is 0 Å². The molecular formula is C17H30N2. The van der Waals surface area contributed by atoms with E-state index in [0.717, 1.165) is 12.5 Å². The average molecular weight is 262 g/mol. The summed E-state index contributed by atoms with van der Waals surface area (Å²) in [5.74, 6) is 0.769. The Bertz CT molecular complexity index is 330. The molecule has 2 unspecified atom stereocenters. The first kappa shape index (κ1) is 16.2. The third-order valence-electron chi connectivity index (χ3n) is 4.19. The Hall–Kier alpha value is -0.860. The molecule has 0 aliphatic rings. The van der Waals surface area contributed by atoms with E-state index >= 15 is 0 Å². The van der Waals surface area contributed by atoms with Crippen LogP contribution in [0.1, 0.15) is 45.2 Å². The molecular weight excluding hydrogens is 232 g/mol. The predicted molar refractivity (Wildman–Crippen MR) is 84.4 cm³/mol. The van der Waals surface area contributed by atoms with Crippen molar-refractivity contribution in [3.8, 4) is 0 Å². The Morgan fingerprint density at radius 2 is 1.63 bits per heavy atom. The molecule has 0 aliphatic carbocycles. The second kappa shape index (κ2) is 8.34. The summed E-state index contributed by atoms with van der Waals surface area (Å²) in [4.78, 5) is 2.36. The van der Waals surface area contributed by atoms with E-state index in [2.05, 4.69) is 75.4 Å². The van der Waals surface area contributed by atoms with Crippen molar-refractivity contribution in [3.05, 3.63) is 35.9 Å². The van der Waals surface area contributed by atoms with Crippen molar-refractivity contribution in [3.63, 3.8) is 0 Å². The fourth-order valence-corrected chi connectivity index (χ4v) is 2.76. The topological polar surface area (TPSA) is 15.3 Å². The molecule has 1 N–H and O–H groups in total. The van der Waals surface area contributed by atoms with Gasteiger partial charge in [-0.2, -0.15) is 0 Å². The number of likely N-dealkylation sites (N-methyl/N-ethyl adjacent to an activating group) is 1. The van der Waals surface area contributed by atoms with Crippen LogP contribution in [0.5, 0.6) is 0 Å². The molecule has 19 heavy (non-hydrogen) atoms. The van der Waals surface area contributed by atoms with Gasteiger partial charge in [-0.05, 0) is 32.5 Å². The maximum atomic E-state index is 3.69. The van der Waals surface area contributed by atoms with E-state index in [1.54, 1.807) is 0 Å². The molecule has 1 aromatic rings. The summed E-state index contributed by atoms with van der Waals surface area (Å²) in [6, 6.07) is 11.7. The van der Waals surface area contributed by atoms with Gasteiger partial charge in [0.2, 0.25) is 0 Å². The van der Waals surface area contributed by atoms with Gasteiger partial charge in [-0.1, -0.05) is 57.0 Å². The van der Waals surface area contributed by atoms with Crippen molar-refractivity contribution in [1.82, 2.24) is 10.2 Å². The van der Waals surface area contributed by atoms with Crippen LogP contribution in [0.25, 0.3) is 0 Å². The molecule has 108 valence electrons. The molecule has 2 heteroatoms. The van der Waals surface area contributed by atoms with E-state index in [-0.39, 0.29) is 0 Å². The Labute approximate surface area is 119 Å². The highest BCUT2D eigenvalue weighted by Crippen LogP contribution is 2.18. The summed E-state index contributed by atoms with van der Waals surface area (Å²) in [6.07, 6.45) is 2.50. The molecule has 1 rings (SSSR count). The average Bonchev–Trinajstić information content (AvgIpc) is 2.43. The highest BCUT2D eigenvalue weighted by molar-refractivity contribution is 5.18. The minimum atomic E-state index is 0.415. The van der Waals surface area contributed by atoms with Crippen molar-refractivity contribution in [2.75, 3.05) is 20.6 Å². The first-order valence-corrected chi connectivity index (χ1v) is 7.54. The summed E-state index contributed by atoms with van der Waals surface area (Å²) in [6.45, 7) is 7.89. The van der Waals surface area contributed by atoms with Gasteiger partial charge in [-0.15, -0.1) is 0 Å². The Morgan fingerprint density at radius 1 is 1.05 bits per heavy atom. The second-order valence-corrected chi connectivity index (χ2v) is 5.65. The highest BCUT2D eigenvalue weighted by atomic mass is 15.1. The zero-order valence-electron chi connectivity index (χ0n) is 13.2. The molecule has 0 spiro atoms. The number of benzene rings is 1. The smallest absolute Gasteiger partial charge is 0.0292 e. The standard InChI is InChI=1S/C17H30N2/c1-6-15(7-2)17(19(4)5)13-18-14(3)16-11-9-8-10-12-16/h8-12,14-15,17-18H,6-7,13H2,1-5H3. The van der Waals surface area contributed by atoms with Crippen molar-refractivity contribution in [1.29, 1.82) is 0 Å². The lowest BCUT2D eigenvalue weighted by Crippen LogP contribution is -2.43. The lowest BCUT2D eigenvalue weighted by Gasteiger charge is -2.32. The molecule has 0 bridgehead atoms. The van der Waals surface area contributed by atoms with Gasteiger partial charge in [0.25, 0.3) is 0 Å². The van der Waals surface area contributed by atoms with Gasteiger partial charge >= 0.3 is 0 Å². The van der Waals surface area contributed by atoms with Crippen LogP contribution >= 0.6 is 0 Å². The van der Waals surface area contributed by atoms with E-state index in [4.69, 9.17) is 0 Å². The molecule has 2 atom stereocenters. The third-order valence-corrected chi connectivity index (χ3v) is 4.19. The highest BCUT2D eigenvalue weighted by Gasteiger charge is 2.21. The third kappa shape index (κ3) is 4.96. The summed E-state index contributed by atoms with van der Waals surface area (Å²) >= 11 is 0. The quantitative estimate of drug-likeness (QED) is 0.768. The molecule has 1 aromatic carbocycles. The molecule has 0 fully saturated rings. The van der Waals surface area contributed by atoms with Crippen LogP contribution in [0.2, 0.25) is 0 Å². The fourth-order valence-electron chi connectivity index (χ4n) is 2.76. The SMILES string of the molecule is CCC(CC)C(CNC(C)c1ccccc1)N(C)C. The van der Waals surface area contributed by atoms with Crippen LogP contribution in [-0.2, 0) is 0 Å². The number of nitrogens with zero attached hydrogens (tertiary/aromatic N) is 1. The largest absolute Gasteiger partial charge is 0.309 e. The Morgan fingerprint density at radius 3 is 2.11 bits per heavy atom. The van der Waals surface area contributed by atoms with E-state index < -0.39 is 0 Å². The Balaban J connectivity index is 2.57. The van der Waals surface area contributed by atoms with Crippen molar-refractivity contribution in [2.45, 2.75) is 45.7 Å². The number of hydrogen-bond acceptors (Lipinski definition) is 2. The lowest BCUT2D eigenvalue weighted by atomic mass is 9.93. The first-order chi connectivity index (χ1) is 9.10. The molecule has 0 aliphatic heterocycles. The van der Waals surface area contributed by atoms with Crippen LogP contribution < -0.4 is 5.32 Å². The van der Waals surface area contributed by atoms with E-state index in [9.17, 15) is 0 Å². The van der Waals surface area contributed by atoms with Crippen LogP contribution in [0.4, 0.5) is 0 Å². The minimum absolute atomic E-state index is 0.415. The Kier molecular flexibility index (Phi) is 7.11. The molecule has 0 radical (unpaired) electrons. The monoisotopic (exact) mass is 262 g/mol. The molecule has 0 saturated heterocycles. The van der Waals surface area contributed by atoms with Gasteiger partial charge in [0, 0.05) is 18.6 Å². The van der Waals surface area contributed by atoms with Gasteiger partial charge in [0.05, 0.1) is 0 Å². The van der Waals surface area contributed by atoms with E-state index in [1.807, 2.05) is 0 Å². The van der Waals surface area contributed by atoms with Crippen LogP contribution in [0, 0.1) is 5.92 Å². The summed E-state index contributed by atoms with van der Waals surface area (Å²) in [5.41, 5.74) is 1.37. The van der Waals surface area contributed by atoms with Crippen LogP contribution in [0.3, 0.4) is 0 Å². The zero-order chi connectivity index (χ0) is 14.3. The lowest BCUT2D eigenvalue weighted by molar-refractivity contribution is 0.190. The maximum Gasteiger partial charge on any atom is 0.0292 e. The van der Waals surface area contributed by atoms with Gasteiger partial charge in [0.1, 0.15) is 0 Å². The zero-order valence-corrected chi connectivity index (χ0v) is 13.2. The van der Waals surface area contributed by atoms with E-state index in [1.165, 1.54) is 18.4 Å². The second-order valence-electron chi connectivity index (χ2n) is 5.65. The minimum Gasteiger partial charge on any atom is -0.309 e. The van der Waals surface area contributed by atoms with Gasteiger partial charge < -0.3 is 10.2 Å². The van der Waals surface area contributed by atoms with Crippen LogP contribution in [0.15, 0.2) is 30.3 Å². The maximum absolute atomic E-state index is 3.69. The van der Waals surface area contributed by atoms with Gasteiger partial charge in [-0.3, -0.25) is 0 Å².